The number of hydrogen-bond acceptors (Lipinski definition) is 3. The van der Waals surface area contributed by atoms with E-state index in [1.165, 1.54) is 20.3 Å². The lowest BCUT2D eigenvalue weighted by Crippen LogP contribution is -2.32. The predicted molar refractivity (Wildman–Crippen MR) is 73.7 cm³/mol. The van der Waals surface area contributed by atoms with E-state index in [2.05, 4.69) is 0 Å². The van der Waals surface area contributed by atoms with Gasteiger partial charge in [0.05, 0.1) is 19.8 Å². The molecule has 0 aliphatic heterocycles. The molecule has 2 rings (SSSR count). The molecule has 1 atom stereocenters. The van der Waals surface area contributed by atoms with Crippen molar-refractivity contribution >= 4 is 0 Å². The predicted octanol–water partition coefficient (Wildman–Crippen LogP) is 3.19. The first-order valence-corrected chi connectivity index (χ1v) is 6.66. The Morgan fingerprint density at radius 2 is 1.85 bits per heavy atom. The van der Waals surface area contributed by atoms with E-state index in [9.17, 15) is 8.78 Å². The van der Waals surface area contributed by atoms with Gasteiger partial charge in [0.2, 0.25) is 0 Å². The van der Waals surface area contributed by atoms with E-state index in [-0.39, 0.29) is 22.8 Å². The lowest BCUT2D eigenvalue weighted by atomic mass is 9.87. The van der Waals surface area contributed by atoms with Gasteiger partial charge in [0, 0.05) is 18.4 Å². The minimum Gasteiger partial charge on any atom is -0.493 e. The highest BCUT2D eigenvalue weighted by Gasteiger charge is 2.48. The standard InChI is InChI=1S/C15H21F2NO2/c1-9(18)15(5-6-15)10-7-11(14(2,16)17)13(20-4)12(8-10)19-3/h7-9H,5-6,18H2,1-4H3. The van der Waals surface area contributed by atoms with Gasteiger partial charge in [-0.05, 0) is 37.5 Å². The van der Waals surface area contributed by atoms with Gasteiger partial charge >= 0.3 is 0 Å². The summed E-state index contributed by atoms with van der Waals surface area (Å²) < 4.78 is 38.0. The van der Waals surface area contributed by atoms with Gasteiger partial charge in [0.15, 0.2) is 11.5 Å². The van der Waals surface area contributed by atoms with Crippen LogP contribution in [-0.2, 0) is 11.3 Å². The van der Waals surface area contributed by atoms with Crippen LogP contribution >= 0.6 is 0 Å². The van der Waals surface area contributed by atoms with Crippen LogP contribution in [0.4, 0.5) is 8.78 Å². The Hall–Kier alpha value is -1.36. The summed E-state index contributed by atoms with van der Waals surface area (Å²) in [5.41, 5.74) is 6.47. The maximum Gasteiger partial charge on any atom is 0.274 e. The van der Waals surface area contributed by atoms with Crippen molar-refractivity contribution in [3.8, 4) is 11.5 Å². The Kier molecular flexibility index (Phi) is 3.67. The maximum atomic E-state index is 13.8. The Balaban J connectivity index is 2.62. The molecule has 0 amide bonds. The molecule has 5 heteroatoms. The monoisotopic (exact) mass is 285 g/mol. The summed E-state index contributed by atoms with van der Waals surface area (Å²) in [6.07, 6.45) is 1.82. The van der Waals surface area contributed by atoms with E-state index in [4.69, 9.17) is 15.2 Å². The van der Waals surface area contributed by atoms with Crippen molar-refractivity contribution < 1.29 is 18.3 Å². The van der Waals surface area contributed by atoms with Gasteiger partial charge in [-0.25, -0.2) is 8.78 Å². The van der Waals surface area contributed by atoms with Crippen molar-refractivity contribution in [2.45, 2.75) is 44.1 Å². The molecule has 20 heavy (non-hydrogen) atoms. The summed E-state index contributed by atoms with van der Waals surface area (Å²) in [5.74, 6) is -2.58. The molecule has 1 unspecified atom stereocenters. The van der Waals surface area contributed by atoms with Crippen LogP contribution in [-0.4, -0.2) is 20.3 Å². The molecule has 112 valence electrons. The molecule has 1 saturated carbocycles. The van der Waals surface area contributed by atoms with Crippen LogP contribution in [0.2, 0.25) is 0 Å². The Bertz CT molecular complexity index is 505. The second kappa shape index (κ2) is 4.88. The van der Waals surface area contributed by atoms with Crippen LogP contribution in [0, 0.1) is 0 Å². The van der Waals surface area contributed by atoms with Crippen molar-refractivity contribution in [2.24, 2.45) is 5.73 Å². The van der Waals surface area contributed by atoms with E-state index < -0.39 is 5.92 Å². The highest BCUT2D eigenvalue weighted by Crippen LogP contribution is 2.53. The van der Waals surface area contributed by atoms with Crippen LogP contribution in [0.15, 0.2) is 12.1 Å². The average molecular weight is 285 g/mol. The number of benzene rings is 1. The third kappa shape index (κ3) is 2.35. The first kappa shape index (κ1) is 15.0. The molecule has 0 bridgehead atoms. The van der Waals surface area contributed by atoms with E-state index in [1.54, 1.807) is 6.07 Å². The van der Waals surface area contributed by atoms with Crippen LogP contribution in [0.3, 0.4) is 0 Å². The van der Waals surface area contributed by atoms with E-state index in [0.717, 1.165) is 25.3 Å². The summed E-state index contributed by atoms with van der Waals surface area (Å²) in [5, 5.41) is 0. The molecule has 0 heterocycles. The largest absolute Gasteiger partial charge is 0.493 e. The lowest BCUT2D eigenvalue weighted by molar-refractivity contribution is 0.0146. The smallest absolute Gasteiger partial charge is 0.274 e. The van der Waals surface area contributed by atoms with Crippen molar-refractivity contribution in [3.63, 3.8) is 0 Å². The number of methoxy groups -OCH3 is 2. The molecular formula is C15H21F2NO2. The minimum absolute atomic E-state index is 0.0843. The first-order chi connectivity index (χ1) is 9.26. The minimum atomic E-state index is -3.00. The van der Waals surface area contributed by atoms with E-state index >= 15 is 0 Å². The van der Waals surface area contributed by atoms with E-state index in [1.807, 2.05) is 6.92 Å². The Morgan fingerprint density at radius 3 is 2.20 bits per heavy atom. The number of nitrogens with two attached hydrogens (primary N) is 1. The van der Waals surface area contributed by atoms with Gasteiger partial charge in [-0.3, -0.25) is 0 Å². The molecule has 0 radical (unpaired) electrons. The molecule has 2 N–H and O–H groups in total. The Labute approximate surface area is 118 Å². The summed E-state index contributed by atoms with van der Waals surface area (Å²) in [6, 6.07) is 3.20. The summed E-state index contributed by atoms with van der Waals surface area (Å²) in [6.45, 7) is 2.77. The van der Waals surface area contributed by atoms with Crippen molar-refractivity contribution in [1.82, 2.24) is 0 Å². The fraction of sp³-hybridized carbons (Fsp3) is 0.600. The summed E-state index contributed by atoms with van der Waals surface area (Å²) >= 11 is 0. The van der Waals surface area contributed by atoms with Crippen molar-refractivity contribution in [2.75, 3.05) is 14.2 Å². The zero-order valence-electron chi connectivity index (χ0n) is 12.3. The molecule has 1 aliphatic carbocycles. The molecular weight excluding hydrogens is 264 g/mol. The normalized spacial score (nSPS) is 18.6. The SMILES string of the molecule is COc1cc(C2(C(C)N)CC2)cc(C(C)(F)F)c1OC. The average Bonchev–Trinajstić information content (AvgIpc) is 3.17. The molecule has 1 aliphatic rings. The summed E-state index contributed by atoms with van der Waals surface area (Å²) in [4.78, 5) is 0. The number of halogens is 2. The molecule has 1 aromatic rings. The molecule has 0 saturated heterocycles. The molecule has 1 aromatic carbocycles. The number of hydrogen-bond donors (Lipinski definition) is 1. The second-order valence-electron chi connectivity index (χ2n) is 5.59. The highest BCUT2D eigenvalue weighted by atomic mass is 19.3. The van der Waals surface area contributed by atoms with Crippen LogP contribution < -0.4 is 15.2 Å². The van der Waals surface area contributed by atoms with Crippen LogP contribution in [0.25, 0.3) is 0 Å². The van der Waals surface area contributed by atoms with E-state index in [0.29, 0.717) is 5.75 Å². The number of alkyl halides is 2. The van der Waals surface area contributed by atoms with Gasteiger partial charge < -0.3 is 15.2 Å². The fourth-order valence-electron chi connectivity index (χ4n) is 2.72. The molecule has 1 fully saturated rings. The van der Waals surface area contributed by atoms with Crippen LogP contribution in [0.5, 0.6) is 11.5 Å². The zero-order valence-corrected chi connectivity index (χ0v) is 12.3. The second-order valence-corrected chi connectivity index (χ2v) is 5.59. The molecule has 0 spiro atoms. The molecule has 0 aromatic heterocycles. The summed E-state index contributed by atoms with van der Waals surface area (Å²) in [7, 11) is 2.82. The van der Waals surface area contributed by atoms with Gasteiger partial charge in [-0.2, -0.15) is 0 Å². The fourth-order valence-corrected chi connectivity index (χ4v) is 2.72. The van der Waals surface area contributed by atoms with Crippen molar-refractivity contribution in [3.05, 3.63) is 23.3 Å². The molecule has 3 nitrogen and oxygen atoms in total. The number of ether oxygens (including phenoxy) is 2. The Morgan fingerprint density at radius 1 is 1.25 bits per heavy atom. The quantitative estimate of drug-likeness (QED) is 0.903. The van der Waals surface area contributed by atoms with Gasteiger partial charge in [0.25, 0.3) is 5.92 Å². The van der Waals surface area contributed by atoms with Gasteiger partial charge in [-0.15, -0.1) is 0 Å². The lowest BCUT2D eigenvalue weighted by Gasteiger charge is -2.25. The number of rotatable bonds is 5. The highest BCUT2D eigenvalue weighted by molar-refractivity contribution is 5.54. The third-order valence-corrected chi connectivity index (χ3v) is 4.19. The first-order valence-electron chi connectivity index (χ1n) is 6.66. The maximum absolute atomic E-state index is 13.8. The van der Waals surface area contributed by atoms with Gasteiger partial charge in [0.1, 0.15) is 0 Å². The van der Waals surface area contributed by atoms with Crippen molar-refractivity contribution in [1.29, 1.82) is 0 Å². The van der Waals surface area contributed by atoms with Crippen LogP contribution in [0.1, 0.15) is 37.8 Å². The zero-order chi connectivity index (χ0) is 15.1. The van der Waals surface area contributed by atoms with Gasteiger partial charge in [-0.1, -0.05) is 0 Å². The topological polar surface area (TPSA) is 44.5 Å². The third-order valence-electron chi connectivity index (χ3n) is 4.19.